The lowest BCUT2D eigenvalue weighted by molar-refractivity contribution is -0.139. The van der Waals surface area contributed by atoms with Crippen LogP contribution in [0.25, 0.3) is 0 Å². The molecule has 3 nitrogen and oxygen atoms in total. The summed E-state index contributed by atoms with van der Waals surface area (Å²) in [6, 6.07) is 0. The van der Waals surface area contributed by atoms with Crippen molar-refractivity contribution in [1.29, 1.82) is 0 Å². The van der Waals surface area contributed by atoms with Gasteiger partial charge in [-0.2, -0.15) is 0 Å². The Labute approximate surface area is 90.1 Å². The minimum absolute atomic E-state index is 0.0576. The number of aliphatic hydroxyl groups excluding tert-OH is 1. The van der Waals surface area contributed by atoms with Gasteiger partial charge in [0.25, 0.3) is 0 Å². The number of rotatable bonds is 3. The van der Waals surface area contributed by atoms with Crippen molar-refractivity contribution in [1.82, 2.24) is 0 Å². The molecule has 0 bridgehead atoms. The molecule has 3 heteroatoms. The van der Waals surface area contributed by atoms with Gasteiger partial charge in [0.15, 0.2) is 0 Å². The van der Waals surface area contributed by atoms with Crippen molar-refractivity contribution in [3.8, 4) is 0 Å². The van der Waals surface area contributed by atoms with Gasteiger partial charge >= 0.3 is 5.97 Å². The molecule has 2 aliphatic rings. The second-order valence-corrected chi connectivity index (χ2v) is 4.42. The predicted molar refractivity (Wildman–Crippen MR) is 56.2 cm³/mol. The molecular weight excluding hydrogens is 192 g/mol. The molecule has 1 N–H and O–H groups in total. The maximum absolute atomic E-state index is 11.5. The van der Waals surface area contributed by atoms with E-state index in [2.05, 4.69) is 6.92 Å². The van der Waals surface area contributed by atoms with Crippen LogP contribution in [0.1, 0.15) is 39.0 Å². The van der Waals surface area contributed by atoms with E-state index in [4.69, 9.17) is 4.74 Å². The number of aliphatic hydroxyl groups is 1. The fraction of sp³-hybridized carbons (Fsp3) is 0.750. The minimum atomic E-state index is -0.390. The smallest absolute Gasteiger partial charge is 0.334 e. The van der Waals surface area contributed by atoms with E-state index in [0.717, 1.165) is 37.7 Å². The number of carbonyl (C=O) groups excluding carboxylic acids is 1. The second-order valence-electron chi connectivity index (χ2n) is 4.42. The van der Waals surface area contributed by atoms with Gasteiger partial charge in [-0.1, -0.05) is 25.8 Å². The van der Waals surface area contributed by atoms with Crippen molar-refractivity contribution in [2.24, 2.45) is 5.92 Å². The normalized spacial score (nSPS) is 34.7. The van der Waals surface area contributed by atoms with Crippen LogP contribution < -0.4 is 0 Å². The molecule has 0 spiro atoms. The number of carbonyl (C=O) groups is 1. The summed E-state index contributed by atoms with van der Waals surface area (Å²) in [5.41, 5.74) is 0.717. The molecule has 84 valence electrons. The van der Waals surface area contributed by atoms with Crippen molar-refractivity contribution in [3.05, 3.63) is 11.6 Å². The summed E-state index contributed by atoms with van der Waals surface area (Å²) in [4.78, 5) is 11.5. The summed E-state index contributed by atoms with van der Waals surface area (Å²) in [6.45, 7) is 2.12. The van der Waals surface area contributed by atoms with E-state index in [0.29, 0.717) is 0 Å². The second kappa shape index (κ2) is 4.35. The summed E-state index contributed by atoms with van der Waals surface area (Å²) < 4.78 is 5.31. The molecule has 0 saturated carbocycles. The van der Waals surface area contributed by atoms with Gasteiger partial charge in [0.2, 0.25) is 0 Å². The fourth-order valence-electron chi connectivity index (χ4n) is 2.52. The third kappa shape index (κ3) is 1.93. The first-order chi connectivity index (χ1) is 7.24. The van der Waals surface area contributed by atoms with Crippen LogP contribution >= 0.6 is 0 Å². The number of hydrogen-bond donors (Lipinski definition) is 1. The Hall–Kier alpha value is -0.830. The Kier molecular flexibility index (Phi) is 3.10. The molecule has 1 aliphatic carbocycles. The quantitative estimate of drug-likeness (QED) is 0.722. The number of unbranched alkanes of at least 4 members (excludes halogenated alkanes) is 1. The van der Waals surface area contributed by atoms with E-state index in [1.165, 1.54) is 0 Å². The third-order valence-corrected chi connectivity index (χ3v) is 3.34. The highest BCUT2D eigenvalue weighted by atomic mass is 16.6. The molecule has 0 unspecified atom stereocenters. The van der Waals surface area contributed by atoms with Gasteiger partial charge in [0.05, 0.1) is 12.0 Å². The lowest BCUT2D eigenvalue weighted by Gasteiger charge is -2.25. The highest BCUT2D eigenvalue weighted by Gasteiger charge is 2.44. The molecule has 15 heavy (non-hydrogen) atoms. The molecule has 0 amide bonds. The van der Waals surface area contributed by atoms with Gasteiger partial charge in [-0.3, -0.25) is 0 Å². The summed E-state index contributed by atoms with van der Waals surface area (Å²) in [5, 5.41) is 9.89. The molecule has 2 rings (SSSR count). The van der Waals surface area contributed by atoms with E-state index in [1.54, 1.807) is 0 Å². The van der Waals surface area contributed by atoms with Gasteiger partial charge in [-0.15, -0.1) is 0 Å². The number of hydrogen-bond acceptors (Lipinski definition) is 3. The Morgan fingerprint density at radius 1 is 1.60 bits per heavy atom. The average Bonchev–Trinajstić information content (AvgIpc) is 2.55. The molecule has 1 saturated heterocycles. The summed E-state index contributed by atoms with van der Waals surface area (Å²) in [5.74, 6) is -0.266. The van der Waals surface area contributed by atoms with Gasteiger partial charge in [0.1, 0.15) is 6.10 Å². The van der Waals surface area contributed by atoms with Crippen molar-refractivity contribution in [3.63, 3.8) is 0 Å². The lowest BCUT2D eigenvalue weighted by atomic mass is 9.82. The fourth-order valence-corrected chi connectivity index (χ4v) is 2.52. The van der Waals surface area contributed by atoms with Crippen LogP contribution in [-0.2, 0) is 9.53 Å². The number of allylic oxidation sites excluding steroid dienone is 1. The first-order valence-corrected chi connectivity index (χ1v) is 5.83. The standard InChI is InChI=1S/C12H18O3/c1-2-3-7-10-11-8(12(14)15-10)5-4-6-9(11)13/h5,9-11,13H,2-4,6-7H2,1H3/t9-,10+,11+/m1/s1. The SMILES string of the molecule is CCCC[C@@H]1OC(=O)C2=CCC[C@@H](O)[C@H]21. The number of fused-ring (bicyclic) bond motifs is 1. The summed E-state index contributed by atoms with van der Waals surface area (Å²) in [7, 11) is 0. The maximum atomic E-state index is 11.5. The van der Waals surface area contributed by atoms with Crippen LogP contribution in [0.5, 0.6) is 0 Å². The van der Waals surface area contributed by atoms with Crippen LogP contribution in [-0.4, -0.2) is 23.3 Å². The van der Waals surface area contributed by atoms with Crippen molar-refractivity contribution in [2.45, 2.75) is 51.2 Å². The zero-order chi connectivity index (χ0) is 10.8. The van der Waals surface area contributed by atoms with Crippen LogP contribution in [0.15, 0.2) is 11.6 Å². The van der Waals surface area contributed by atoms with Crippen LogP contribution in [0.2, 0.25) is 0 Å². The molecular formula is C12H18O3. The largest absolute Gasteiger partial charge is 0.458 e. The Morgan fingerprint density at radius 3 is 3.13 bits per heavy atom. The zero-order valence-corrected chi connectivity index (χ0v) is 9.11. The first-order valence-electron chi connectivity index (χ1n) is 5.83. The predicted octanol–water partition coefficient (Wildman–Crippen LogP) is 1.80. The monoisotopic (exact) mass is 210 g/mol. The third-order valence-electron chi connectivity index (χ3n) is 3.34. The lowest BCUT2D eigenvalue weighted by Crippen LogP contribution is -2.31. The van der Waals surface area contributed by atoms with E-state index in [1.807, 2.05) is 6.08 Å². The molecule has 0 radical (unpaired) electrons. The van der Waals surface area contributed by atoms with Gasteiger partial charge in [0, 0.05) is 5.57 Å². The average molecular weight is 210 g/mol. The Bertz CT molecular complexity index is 283. The summed E-state index contributed by atoms with van der Waals surface area (Å²) in [6.07, 6.45) is 6.03. The van der Waals surface area contributed by atoms with Crippen molar-refractivity contribution in [2.75, 3.05) is 0 Å². The maximum Gasteiger partial charge on any atom is 0.334 e. The van der Waals surface area contributed by atoms with Gasteiger partial charge in [-0.05, 0) is 19.3 Å². The topological polar surface area (TPSA) is 46.5 Å². The molecule has 1 aliphatic heterocycles. The zero-order valence-electron chi connectivity index (χ0n) is 9.11. The van der Waals surface area contributed by atoms with Crippen LogP contribution in [0.4, 0.5) is 0 Å². The van der Waals surface area contributed by atoms with Crippen molar-refractivity contribution >= 4 is 5.97 Å². The van der Waals surface area contributed by atoms with Crippen LogP contribution in [0.3, 0.4) is 0 Å². The summed E-state index contributed by atoms with van der Waals surface area (Å²) >= 11 is 0. The first kappa shape index (κ1) is 10.7. The van der Waals surface area contributed by atoms with E-state index in [-0.39, 0.29) is 18.0 Å². The molecule has 0 aromatic rings. The van der Waals surface area contributed by atoms with Crippen molar-refractivity contribution < 1.29 is 14.6 Å². The van der Waals surface area contributed by atoms with Gasteiger partial charge < -0.3 is 9.84 Å². The Balaban J connectivity index is 2.11. The molecule has 0 aromatic carbocycles. The number of ether oxygens (including phenoxy) is 1. The molecule has 1 fully saturated rings. The number of cyclic esters (lactones) is 1. The van der Waals surface area contributed by atoms with Gasteiger partial charge in [-0.25, -0.2) is 4.79 Å². The highest BCUT2D eigenvalue weighted by Crippen LogP contribution is 2.37. The number of esters is 1. The highest BCUT2D eigenvalue weighted by molar-refractivity contribution is 5.91. The molecule has 1 heterocycles. The molecule has 3 atom stereocenters. The van der Waals surface area contributed by atoms with Crippen LogP contribution in [0, 0.1) is 5.92 Å². The van der Waals surface area contributed by atoms with E-state index >= 15 is 0 Å². The Morgan fingerprint density at radius 2 is 2.40 bits per heavy atom. The minimum Gasteiger partial charge on any atom is -0.458 e. The molecule has 0 aromatic heterocycles. The van der Waals surface area contributed by atoms with E-state index < -0.39 is 6.10 Å². The van der Waals surface area contributed by atoms with E-state index in [9.17, 15) is 9.90 Å².